The molecule has 0 spiro atoms. The summed E-state index contributed by atoms with van der Waals surface area (Å²) in [7, 11) is 0. The number of para-hydroxylation sites is 1. The number of nitrogens with zero attached hydrogens (tertiary/aromatic N) is 2. The van der Waals surface area contributed by atoms with Gasteiger partial charge in [0.15, 0.2) is 0 Å². The van der Waals surface area contributed by atoms with Crippen LogP contribution >= 0.6 is 0 Å². The van der Waals surface area contributed by atoms with Crippen molar-refractivity contribution in [3.63, 3.8) is 0 Å². The quantitative estimate of drug-likeness (QED) is 0.874. The van der Waals surface area contributed by atoms with Gasteiger partial charge in [-0.05, 0) is 49.4 Å². The second-order valence-corrected chi connectivity index (χ2v) is 5.33. The van der Waals surface area contributed by atoms with Crippen LogP contribution in [0.4, 0.5) is 15.8 Å². The lowest BCUT2D eigenvalue weighted by Gasteiger charge is -2.36. The SMILES string of the molecule is CC1=Cc2ccccc2[NH+]2[N-]N(c3ccc(F)cc3)C([O-])=C12. The predicted octanol–water partition coefficient (Wildman–Crippen LogP) is 2.01. The van der Waals surface area contributed by atoms with E-state index in [0.29, 0.717) is 16.4 Å². The van der Waals surface area contributed by atoms with Gasteiger partial charge < -0.3 is 20.7 Å². The average molecular weight is 294 g/mol. The molecule has 110 valence electrons. The highest BCUT2D eigenvalue weighted by Gasteiger charge is 2.29. The Labute approximate surface area is 127 Å². The first-order chi connectivity index (χ1) is 10.6. The molecule has 1 atom stereocenters. The third-order valence-electron chi connectivity index (χ3n) is 3.90. The Morgan fingerprint density at radius 1 is 1.09 bits per heavy atom. The van der Waals surface area contributed by atoms with Crippen LogP contribution in [0, 0.1) is 5.82 Å². The summed E-state index contributed by atoms with van der Waals surface area (Å²) >= 11 is 0. The van der Waals surface area contributed by atoms with E-state index in [-0.39, 0.29) is 11.7 Å². The molecule has 2 aromatic carbocycles. The van der Waals surface area contributed by atoms with Crippen molar-refractivity contribution < 1.29 is 14.5 Å². The van der Waals surface area contributed by atoms with E-state index in [1.807, 2.05) is 37.3 Å². The molecule has 2 heterocycles. The van der Waals surface area contributed by atoms with E-state index >= 15 is 0 Å². The zero-order valence-corrected chi connectivity index (χ0v) is 11.9. The van der Waals surface area contributed by atoms with Gasteiger partial charge in [-0.3, -0.25) is 0 Å². The van der Waals surface area contributed by atoms with E-state index in [0.717, 1.165) is 16.8 Å². The third kappa shape index (κ3) is 1.83. The van der Waals surface area contributed by atoms with E-state index < -0.39 is 0 Å². The van der Waals surface area contributed by atoms with Crippen LogP contribution in [0.25, 0.3) is 11.6 Å². The Kier molecular flexibility index (Phi) is 2.79. The van der Waals surface area contributed by atoms with Crippen molar-refractivity contribution in [3.8, 4) is 0 Å². The van der Waals surface area contributed by atoms with Crippen LogP contribution in [-0.4, -0.2) is 0 Å². The minimum atomic E-state index is -0.338. The highest BCUT2D eigenvalue weighted by Crippen LogP contribution is 2.32. The molecular weight excluding hydrogens is 281 g/mol. The number of hydrogen-bond donors (Lipinski definition) is 1. The number of anilines is 1. The summed E-state index contributed by atoms with van der Waals surface area (Å²) in [5.74, 6) is -0.514. The molecule has 22 heavy (non-hydrogen) atoms. The third-order valence-corrected chi connectivity index (χ3v) is 3.90. The van der Waals surface area contributed by atoms with E-state index in [2.05, 4.69) is 5.53 Å². The minimum absolute atomic E-state index is 0.176. The Morgan fingerprint density at radius 2 is 1.82 bits per heavy atom. The lowest BCUT2D eigenvalue weighted by atomic mass is 10.0. The Morgan fingerprint density at radius 3 is 2.59 bits per heavy atom. The molecule has 2 aliphatic heterocycles. The Hall–Kier alpha value is -2.63. The summed E-state index contributed by atoms with van der Waals surface area (Å²) in [6.07, 6.45) is 2.00. The summed E-state index contributed by atoms with van der Waals surface area (Å²) in [4.78, 5) is 0. The molecule has 0 saturated heterocycles. The molecule has 0 saturated carbocycles. The van der Waals surface area contributed by atoms with Gasteiger partial charge in [0.05, 0.1) is 0 Å². The zero-order valence-electron chi connectivity index (χ0n) is 11.9. The standard InChI is InChI=1S/C17H14FN3O/c1-11-10-12-4-2-3-5-15(12)21-16(11)17(22)20(19-21)14-8-6-13(18)7-9-14/h2-10,21-22H,1H3/p-1. The maximum Gasteiger partial charge on any atom is 0.138 e. The lowest BCUT2D eigenvalue weighted by Crippen LogP contribution is -3.01. The largest absolute Gasteiger partial charge is 0.857 e. The molecule has 0 amide bonds. The van der Waals surface area contributed by atoms with Crippen molar-refractivity contribution in [2.45, 2.75) is 6.92 Å². The molecule has 4 nitrogen and oxygen atoms in total. The number of quaternary nitrogens is 1. The van der Waals surface area contributed by atoms with Crippen molar-refractivity contribution in [1.82, 2.24) is 0 Å². The zero-order chi connectivity index (χ0) is 15.3. The summed E-state index contributed by atoms with van der Waals surface area (Å²) in [5, 5.41) is 14.7. The number of fused-ring (bicyclic) bond motifs is 3. The van der Waals surface area contributed by atoms with Gasteiger partial charge in [0, 0.05) is 22.7 Å². The van der Waals surface area contributed by atoms with Gasteiger partial charge in [-0.2, -0.15) is 0 Å². The summed E-state index contributed by atoms with van der Waals surface area (Å²) in [5.41, 5.74) is 8.55. The van der Waals surface area contributed by atoms with Crippen molar-refractivity contribution >= 4 is 17.5 Å². The van der Waals surface area contributed by atoms with Gasteiger partial charge in [-0.25, -0.2) is 4.39 Å². The number of hydrogen-bond acceptors (Lipinski definition) is 2. The molecular formula is C17H13FN3O-. The summed E-state index contributed by atoms with van der Waals surface area (Å²) in [6.45, 7) is 1.91. The van der Waals surface area contributed by atoms with Crippen LogP contribution in [0.5, 0.6) is 0 Å². The van der Waals surface area contributed by atoms with E-state index in [9.17, 15) is 9.50 Å². The normalized spacial score (nSPS) is 19.8. The fraction of sp³-hybridized carbons (Fsp3) is 0.0588. The van der Waals surface area contributed by atoms with Gasteiger partial charge in [0.1, 0.15) is 17.2 Å². The van der Waals surface area contributed by atoms with E-state index in [4.69, 9.17) is 0 Å². The first kappa shape index (κ1) is 13.1. The second-order valence-electron chi connectivity index (χ2n) is 5.33. The first-order valence-electron chi connectivity index (χ1n) is 6.99. The van der Waals surface area contributed by atoms with Crippen LogP contribution < -0.4 is 15.1 Å². The van der Waals surface area contributed by atoms with Crippen LogP contribution in [0.1, 0.15) is 12.5 Å². The monoisotopic (exact) mass is 294 g/mol. The first-order valence-corrected chi connectivity index (χ1v) is 6.99. The molecule has 0 aromatic heterocycles. The maximum atomic E-state index is 13.1. The molecule has 0 radical (unpaired) electrons. The van der Waals surface area contributed by atoms with Crippen LogP contribution in [0.3, 0.4) is 0 Å². The number of allylic oxidation sites excluding steroid dienone is 1. The highest BCUT2D eigenvalue weighted by molar-refractivity contribution is 5.70. The molecule has 5 heteroatoms. The molecule has 2 aliphatic rings. The number of rotatable bonds is 1. The van der Waals surface area contributed by atoms with Crippen LogP contribution in [0.2, 0.25) is 0 Å². The maximum absolute atomic E-state index is 13.1. The molecule has 2 aromatic rings. The minimum Gasteiger partial charge on any atom is -0.857 e. The topological polar surface area (TPSA) is 44.8 Å². The summed E-state index contributed by atoms with van der Waals surface area (Å²) < 4.78 is 13.1. The van der Waals surface area contributed by atoms with Crippen LogP contribution in [0.15, 0.2) is 65.7 Å². The number of halogens is 1. The van der Waals surface area contributed by atoms with Gasteiger partial charge in [0.2, 0.25) is 0 Å². The van der Waals surface area contributed by atoms with E-state index in [1.165, 1.54) is 17.1 Å². The molecule has 1 N–H and O–H groups in total. The Bertz CT molecular complexity index is 811. The fourth-order valence-electron chi connectivity index (χ4n) is 2.85. The van der Waals surface area contributed by atoms with Crippen LogP contribution in [-0.2, 0) is 0 Å². The molecule has 0 fully saturated rings. The average Bonchev–Trinajstić information content (AvgIpc) is 2.87. The van der Waals surface area contributed by atoms with Crippen molar-refractivity contribution in [1.29, 1.82) is 0 Å². The lowest BCUT2D eigenvalue weighted by molar-refractivity contribution is -0.742. The number of benzene rings is 2. The Balaban J connectivity index is 1.81. The second kappa shape index (κ2) is 4.69. The van der Waals surface area contributed by atoms with E-state index in [1.54, 1.807) is 12.1 Å². The molecule has 4 rings (SSSR count). The molecule has 1 unspecified atom stereocenters. The van der Waals surface area contributed by atoms with Crippen molar-refractivity contribution in [2.75, 3.05) is 5.01 Å². The van der Waals surface area contributed by atoms with Gasteiger partial charge >= 0.3 is 0 Å². The van der Waals surface area contributed by atoms with Gasteiger partial charge in [0.25, 0.3) is 0 Å². The highest BCUT2D eigenvalue weighted by atomic mass is 19.1. The van der Waals surface area contributed by atoms with Crippen molar-refractivity contribution in [2.24, 2.45) is 0 Å². The number of nitrogens with one attached hydrogen (secondary N) is 1. The van der Waals surface area contributed by atoms with Gasteiger partial charge in [-0.15, -0.1) is 0 Å². The molecule has 0 bridgehead atoms. The molecule has 0 aliphatic carbocycles. The van der Waals surface area contributed by atoms with Crippen molar-refractivity contribution in [3.05, 3.63) is 82.6 Å². The smallest absolute Gasteiger partial charge is 0.138 e. The fourth-order valence-corrected chi connectivity index (χ4v) is 2.85. The van der Waals surface area contributed by atoms with Gasteiger partial charge in [-0.1, -0.05) is 12.1 Å². The predicted molar refractivity (Wildman–Crippen MR) is 80.0 cm³/mol. The summed E-state index contributed by atoms with van der Waals surface area (Å²) in [6, 6.07) is 13.6.